The Kier molecular flexibility index (Phi) is 4.70. The number of hydrogen-bond donors (Lipinski definition) is 1. The van der Waals surface area contributed by atoms with Gasteiger partial charge in [0.05, 0.1) is 0 Å². The molecule has 0 aromatic rings. The van der Waals surface area contributed by atoms with Crippen LogP contribution < -0.4 is 0 Å². The van der Waals surface area contributed by atoms with Gasteiger partial charge in [0.2, 0.25) is 0 Å². The van der Waals surface area contributed by atoms with Crippen molar-refractivity contribution in [2.24, 2.45) is 5.92 Å². The molecule has 1 heterocycles. The van der Waals surface area contributed by atoms with Crippen LogP contribution in [0.1, 0.15) is 19.8 Å². The van der Waals surface area contributed by atoms with Crippen LogP contribution in [-0.4, -0.2) is 55.2 Å². The summed E-state index contributed by atoms with van der Waals surface area (Å²) in [7, 11) is 1.94. The second-order valence-electron chi connectivity index (χ2n) is 4.73. The van der Waals surface area contributed by atoms with Crippen LogP contribution in [-0.2, 0) is 9.53 Å². The summed E-state index contributed by atoms with van der Waals surface area (Å²) in [5, 5.41) is 9.59. The number of nitrogens with zero attached hydrogens (tertiary/aromatic N) is 1. The third-order valence-electron chi connectivity index (χ3n) is 2.75. The Hall–Kier alpha value is -0.450. The lowest BCUT2D eigenvalue weighted by Gasteiger charge is -2.30. The van der Waals surface area contributed by atoms with E-state index in [9.17, 15) is 9.90 Å². The van der Waals surface area contributed by atoms with Crippen LogP contribution in [0, 0.1) is 5.92 Å². The summed E-state index contributed by atoms with van der Waals surface area (Å²) in [6, 6.07) is 0. The van der Waals surface area contributed by atoms with Crippen molar-refractivity contribution in [1.29, 1.82) is 0 Å². The predicted octanol–water partition coefficient (Wildman–Crippen LogP) is 0.295. The maximum absolute atomic E-state index is 10.6. The van der Waals surface area contributed by atoms with Crippen molar-refractivity contribution in [1.82, 2.24) is 4.90 Å². The molecule has 0 bridgehead atoms. The molecule has 1 atom stereocenters. The molecule has 0 unspecified atom stereocenters. The number of aldehydes is 1. The van der Waals surface area contributed by atoms with Crippen LogP contribution in [0.4, 0.5) is 0 Å². The summed E-state index contributed by atoms with van der Waals surface area (Å²) in [6.45, 7) is 4.53. The Morgan fingerprint density at radius 2 is 2.13 bits per heavy atom. The first-order valence-electron chi connectivity index (χ1n) is 5.48. The Bertz CT molecular complexity index is 200. The molecule has 0 spiro atoms. The summed E-state index contributed by atoms with van der Waals surface area (Å²) >= 11 is 0. The molecule has 1 rings (SSSR count). The standard InChI is InChI=1S/C11H21NO3/c1-11(14,9-13)8-12(2)7-10-3-5-15-6-4-10/h9-10,14H,3-8H2,1-2H3/t11-/m0/s1. The molecule has 0 aromatic carbocycles. The molecule has 1 fully saturated rings. The van der Waals surface area contributed by atoms with Crippen LogP contribution in [0.2, 0.25) is 0 Å². The minimum absolute atomic E-state index is 0.397. The molecule has 0 saturated carbocycles. The summed E-state index contributed by atoms with van der Waals surface area (Å²) in [5.41, 5.74) is -1.22. The number of aliphatic hydroxyl groups is 1. The minimum atomic E-state index is -1.22. The van der Waals surface area contributed by atoms with Gasteiger partial charge in [-0.15, -0.1) is 0 Å². The molecule has 1 aliphatic rings. The molecule has 0 aliphatic carbocycles. The third-order valence-corrected chi connectivity index (χ3v) is 2.75. The van der Waals surface area contributed by atoms with E-state index < -0.39 is 5.60 Å². The van der Waals surface area contributed by atoms with Crippen LogP contribution in [0.3, 0.4) is 0 Å². The van der Waals surface area contributed by atoms with E-state index in [1.165, 1.54) is 0 Å². The fourth-order valence-electron chi connectivity index (χ4n) is 2.02. The Morgan fingerprint density at radius 1 is 1.53 bits per heavy atom. The van der Waals surface area contributed by atoms with E-state index in [1.54, 1.807) is 6.92 Å². The highest BCUT2D eigenvalue weighted by atomic mass is 16.5. The normalized spacial score (nSPS) is 22.7. The molecule has 0 amide bonds. The summed E-state index contributed by atoms with van der Waals surface area (Å²) in [6.07, 6.45) is 2.76. The van der Waals surface area contributed by atoms with E-state index in [0.717, 1.165) is 32.6 Å². The third kappa shape index (κ3) is 4.73. The zero-order valence-electron chi connectivity index (χ0n) is 9.61. The molecule has 0 radical (unpaired) electrons. The first-order chi connectivity index (χ1) is 7.03. The Morgan fingerprint density at radius 3 is 2.67 bits per heavy atom. The highest BCUT2D eigenvalue weighted by Crippen LogP contribution is 2.16. The fourth-order valence-corrected chi connectivity index (χ4v) is 2.02. The summed E-state index contributed by atoms with van der Waals surface area (Å²) < 4.78 is 5.28. The van der Waals surface area contributed by atoms with Crippen molar-refractivity contribution < 1.29 is 14.6 Å². The van der Waals surface area contributed by atoms with Gasteiger partial charge >= 0.3 is 0 Å². The highest BCUT2D eigenvalue weighted by Gasteiger charge is 2.23. The SMILES string of the molecule is CN(CC1CCOCC1)C[C@](C)(O)C=O. The molecule has 15 heavy (non-hydrogen) atoms. The van der Waals surface area contributed by atoms with E-state index in [1.807, 2.05) is 11.9 Å². The molecule has 0 aromatic heterocycles. The molecule has 88 valence electrons. The van der Waals surface area contributed by atoms with Crippen LogP contribution in [0.25, 0.3) is 0 Å². The van der Waals surface area contributed by atoms with Crippen molar-refractivity contribution in [2.75, 3.05) is 33.4 Å². The van der Waals surface area contributed by atoms with E-state index in [-0.39, 0.29) is 0 Å². The lowest BCUT2D eigenvalue weighted by Crippen LogP contribution is -2.42. The van der Waals surface area contributed by atoms with Crippen molar-refractivity contribution in [2.45, 2.75) is 25.4 Å². The van der Waals surface area contributed by atoms with E-state index in [0.29, 0.717) is 18.7 Å². The highest BCUT2D eigenvalue weighted by molar-refractivity contribution is 5.61. The Labute approximate surface area is 91.2 Å². The van der Waals surface area contributed by atoms with Crippen LogP contribution in [0.15, 0.2) is 0 Å². The molecule has 1 aliphatic heterocycles. The maximum Gasteiger partial charge on any atom is 0.152 e. The van der Waals surface area contributed by atoms with Crippen molar-refractivity contribution >= 4 is 6.29 Å². The molecule has 1 N–H and O–H groups in total. The monoisotopic (exact) mass is 215 g/mol. The molecule has 4 nitrogen and oxygen atoms in total. The number of likely N-dealkylation sites (N-methyl/N-ethyl adjacent to an activating group) is 1. The largest absolute Gasteiger partial charge is 0.381 e. The lowest BCUT2D eigenvalue weighted by molar-refractivity contribution is -0.124. The first kappa shape index (κ1) is 12.6. The molecular formula is C11H21NO3. The quantitative estimate of drug-likeness (QED) is 0.670. The van der Waals surface area contributed by atoms with Crippen molar-refractivity contribution in [3.05, 3.63) is 0 Å². The summed E-state index contributed by atoms with van der Waals surface area (Å²) in [5.74, 6) is 0.631. The number of carbonyl (C=O) groups is 1. The van der Waals surface area contributed by atoms with Gasteiger partial charge < -0.3 is 19.5 Å². The zero-order valence-corrected chi connectivity index (χ0v) is 9.61. The van der Waals surface area contributed by atoms with Gasteiger partial charge in [0.15, 0.2) is 6.29 Å². The van der Waals surface area contributed by atoms with Gasteiger partial charge in [-0.2, -0.15) is 0 Å². The van der Waals surface area contributed by atoms with E-state index in [4.69, 9.17) is 4.74 Å². The van der Waals surface area contributed by atoms with Gasteiger partial charge in [0.1, 0.15) is 5.60 Å². The smallest absolute Gasteiger partial charge is 0.152 e. The second-order valence-corrected chi connectivity index (χ2v) is 4.73. The van der Waals surface area contributed by atoms with Crippen molar-refractivity contribution in [3.8, 4) is 0 Å². The first-order valence-corrected chi connectivity index (χ1v) is 5.48. The van der Waals surface area contributed by atoms with Gasteiger partial charge in [0, 0.05) is 26.3 Å². The predicted molar refractivity (Wildman–Crippen MR) is 57.7 cm³/mol. The van der Waals surface area contributed by atoms with Crippen molar-refractivity contribution in [3.63, 3.8) is 0 Å². The van der Waals surface area contributed by atoms with E-state index in [2.05, 4.69) is 0 Å². The Balaban J connectivity index is 2.28. The molecule has 1 saturated heterocycles. The average Bonchev–Trinajstić information content (AvgIpc) is 2.18. The lowest BCUT2D eigenvalue weighted by atomic mass is 9.99. The average molecular weight is 215 g/mol. The minimum Gasteiger partial charge on any atom is -0.381 e. The van der Waals surface area contributed by atoms with Crippen LogP contribution >= 0.6 is 0 Å². The number of carbonyl (C=O) groups excluding carboxylic acids is 1. The summed E-state index contributed by atoms with van der Waals surface area (Å²) in [4.78, 5) is 12.6. The molecular weight excluding hydrogens is 194 g/mol. The van der Waals surface area contributed by atoms with Gasteiger partial charge in [-0.05, 0) is 32.7 Å². The van der Waals surface area contributed by atoms with Gasteiger partial charge in [-0.1, -0.05) is 0 Å². The topological polar surface area (TPSA) is 49.8 Å². The van der Waals surface area contributed by atoms with Gasteiger partial charge in [-0.3, -0.25) is 0 Å². The van der Waals surface area contributed by atoms with E-state index >= 15 is 0 Å². The number of rotatable bonds is 5. The second kappa shape index (κ2) is 5.58. The zero-order chi connectivity index (χ0) is 11.3. The van der Waals surface area contributed by atoms with Crippen LogP contribution in [0.5, 0.6) is 0 Å². The number of ether oxygens (including phenoxy) is 1. The van der Waals surface area contributed by atoms with Gasteiger partial charge in [0.25, 0.3) is 0 Å². The fraction of sp³-hybridized carbons (Fsp3) is 0.909. The maximum atomic E-state index is 10.6. The van der Waals surface area contributed by atoms with Gasteiger partial charge in [-0.25, -0.2) is 0 Å². The number of hydrogen-bond acceptors (Lipinski definition) is 4. The molecule has 4 heteroatoms.